The molecule has 1 aromatic rings. The maximum Gasteiger partial charge on any atom is 0.322 e. The summed E-state index contributed by atoms with van der Waals surface area (Å²) in [4.78, 5) is 13.3. The molecular formula is C13H14N4O. The largest absolute Gasteiger partial charge is 0.322 e. The van der Waals surface area contributed by atoms with Crippen molar-refractivity contribution in [1.82, 2.24) is 4.90 Å². The van der Waals surface area contributed by atoms with Gasteiger partial charge in [0, 0.05) is 12.2 Å². The molecule has 0 atom stereocenters. The van der Waals surface area contributed by atoms with Gasteiger partial charge in [0.2, 0.25) is 0 Å². The van der Waals surface area contributed by atoms with Gasteiger partial charge in [-0.2, -0.15) is 10.5 Å². The minimum atomic E-state index is -0.325. The van der Waals surface area contributed by atoms with Gasteiger partial charge >= 0.3 is 6.03 Å². The van der Waals surface area contributed by atoms with E-state index in [1.165, 1.54) is 4.90 Å². The van der Waals surface area contributed by atoms with Gasteiger partial charge < -0.3 is 10.2 Å². The van der Waals surface area contributed by atoms with E-state index in [4.69, 9.17) is 10.5 Å². The van der Waals surface area contributed by atoms with E-state index in [-0.39, 0.29) is 12.6 Å². The van der Waals surface area contributed by atoms with Crippen molar-refractivity contribution in [1.29, 1.82) is 10.5 Å². The predicted octanol–water partition coefficient (Wildman–Crippen LogP) is 2.33. The predicted molar refractivity (Wildman–Crippen MR) is 67.7 cm³/mol. The van der Waals surface area contributed by atoms with Crippen LogP contribution in [0.5, 0.6) is 0 Å². The molecule has 0 saturated heterocycles. The molecular weight excluding hydrogens is 228 g/mol. The van der Waals surface area contributed by atoms with Gasteiger partial charge in [0.1, 0.15) is 6.54 Å². The quantitative estimate of drug-likeness (QED) is 0.823. The number of rotatable bonds is 4. The standard InChI is InChI=1S/C13H14N4O/c1-2-7-17(8-6-14)13(18)16-12-5-3-4-11(9-12)10-15/h3-5,9H,2,7-8H2,1H3,(H,16,18). The van der Waals surface area contributed by atoms with Crippen molar-refractivity contribution in [3.05, 3.63) is 29.8 Å². The summed E-state index contributed by atoms with van der Waals surface area (Å²) < 4.78 is 0. The fourth-order valence-electron chi connectivity index (χ4n) is 1.48. The van der Waals surface area contributed by atoms with Crippen molar-refractivity contribution in [3.8, 4) is 12.1 Å². The Labute approximate surface area is 106 Å². The Hall–Kier alpha value is -2.53. The molecule has 0 saturated carbocycles. The number of nitriles is 2. The van der Waals surface area contributed by atoms with Gasteiger partial charge in [-0.25, -0.2) is 4.79 Å². The third-order valence-corrected chi connectivity index (χ3v) is 2.29. The fourth-order valence-corrected chi connectivity index (χ4v) is 1.48. The van der Waals surface area contributed by atoms with E-state index in [0.29, 0.717) is 17.8 Å². The summed E-state index contributed by atoms with van der Waals surface area (Å²) in [5, 5.41) is 20.1. The van der Waals surface area contributed by atoms with E-state index in [1.54, 1.807) is 24.3 Å². The highest BCUT2D eigenvalue weighted by molar-refractivity contribution is 5.89. The van der Waals surface area contributed by atoms with E-state index in [9.17, 15) is 4.79 Å². The first-order chi connectivity index (χ1) is 8.71. The smallest absolute Gasteiger partial charge is 0.311 e. The molecule has 2 amide bonds. The van der Waals surface area contributed by atoms with Crippen molar-refractivity contribution < 1.29 is 4.79 Å². The normalized spacial score (nSPS) is 9.06. The average molecular weight is 242 g/mol. The highest BCUT2D eigenvalue weighted by Crippen LogP contribution is 2.10. The number of amides is 2. The zero-order chi connectivity index (χ0) is 13.4. The summed E-state index contributed by atoms with van der Waals surface area (Å²) in [6.45, 7) is 2.52. The lowest BCUT2D eigenvalue weighted by molar-refractivity contribution is 0.218. The summed E-state index contributed by atoms with van der Waals surface area (Å²) in [6, 6.07) is 10.3. The van der Waals surface area contributed by atoms with Crippen molar-refractivity contribution in [2.45, 2.75) is 13.3 Å². The van der Waals surface area contributed by atoms with Crippen molar-refractivity contribution in [2.75, 3.05) is 18.4 Å². The van der Waals surface area contributed by atoms with Gasteiger partial charge in [-0.1, -0.05) is 13.0 Å². The number of urea groups is 1. The first-order valence-corrected chi connectivity index (χ1v) is 5.64. The molecule has 0 unspecified atom stereocenters. The SMILES string of the molecule is CCCN(CC#N)C(=O)Nc1cccc(C#N)c1. The van der Waals surface area contributed by atoms with Gasteiger partial charge in [0.25, 0.3) is 0 Å². The van der Waals surface area contributed by atoms with Crippen LogP contribution in [0, 0.1) is 22.7 Å². The van der Waals surface area contributed by atoms with Crippen LogP contribution in [0.25, 0.3) is 0 Å². The van der Waals surface area contributed by atoms with E-state index < -0.39 is 0 Å². The summed E-state index contributed by atoms with van der Waals surface area (Å²) in [6.07, 6.45) is 0.785. The van der Waals surface area contributed by atoms with Crippen LogP contribution >= 0.6 is 0 Å². The number of nitrogens with zero attached hydrogens (tertiary/aromatic N) is 3. The Balaban J connectivity index is 2.73. The summed E-state index contributed by atoms with van der Waals surface area (Å²) in [5.41, 5.74) is 1.04. The second-order valence-corrected chi connectivity index (χ2v) is 3.70. The van der Waals surface area contributed by atoms with Gasteiger partial charge in [-0.15, -0.1) is 0 Å². The first-order valence-electron chi connectivity index (χ1n) is 5.64. The Morgan fingerprint density at radius 2 is 2.22 bits per heavy atom. The van der Waals surface area contributed by atoms with Crippen molar-refractivity contribution in [3.63, 3.8) is 0 Å². The minimum Gasteiger partial charge on any atom is -0.311 e. The number of hydrogen-bond acceptors (Lipinski definition) is 3. The molecule has 0 radical (unpaired) electrons. The van der Waals surface area contributed by atoms with Crippen LogP contribution in [-0.4, -0.2) is 24.0 Å². The Kier molecular flexibility index (Phi) is 5.21. The van der Waals surface area contributed by atoms with Crippen LogP contribution in [-0.2, 0) is 0 Å². The molecule has 0 spiro atoms. The molecule has 1 rings (SSSR count). The number of carbonyl (C=O) groups is 1. The maximum atomic E-state index is 11.9. The third-order valence-electron chi connectivity index (χ3n) is 2.29. The number of hydrogen-bond donors (Lipinski definition) is 1. The minimum absolute atomic E-state index is 0.0532. The molecule has 0 bridgehead atoms. The summed E-state index contributed by atoms with van der Waals surface area (Å²) >= 11 is 0. The van der Waals surface area contributed by atoms with Crippen LogP contribution in [0.15, 0.2) is 24.3 Å². The second-order valence-electron chi connectivity index (χ2n) is 3.70. The number of carbonyl (C=O) groups excluding carboxylic acids is 1. The molecule has 92 valence electrons. The molecule has 0 aliphatic rings. The summed E-state index contributed by atoms with van der Waals surface area (Å²) in [7, 11) is 0. The maximum absolute atomic E-state index is 11.9. The van der Waals surface area contributed by atoms with Crippen LogP contribution in [0.4, 0.5) is 10.5 Å². The highest BCUT2D eigenvalue weighted by atomic mass is 16.2. The van der Waals surface area contributed by atoms with E-state index in [2.05, 4.69) is 5.32 Å². The average Bonchev–Trinajstić information content (AvgIpc) is 2.38. The molecule has 5 heteroatoms. The van der Waals surface area contributed by atoms with E-state index in [0.717, 1.165) is 6.42 Å². The van der Waals surface area contributed by atoms with Crippen LogP contribution < -0.4 is 5.32 Å². The van der Waals surface area contributed by atoms with Crippen molar-refractivity contribution >= 4 is 11.7 Å². The lowest BCUT2D eigenvalue weighted by Crippen LogP contribution is -2.35. The first kappa shape index (κ1) is 13.5. The fraction of sp³-hybridized carbons (Fsp3) is 0.308. The Bertz CT molecular complexity index is 498. The van der Waals surface area contributed by atoms with Gasteiger partial charge in [0.05, 0.1) is 17.7 Å². The monoisotopic (exact) mass is 242 g/mol. The van der Waals surface area contributed by atoms with Gasteiger partial charge in [-0.3, -0.25) is 0 Å². The molecule has 0 fully saturated rings. The molecule has 18 heavy (non-hydrogen) atoms. The third kappa shape index (κ3) is 3.80. The Morgan fingerprint density at radius 3 is 2.83 bits per heavy atom. The van der Waals surface area contributed by atoms with E-state index >= 15 is 0 Å². The van der Waals surface area contributed by atoms with Crippen LogP contribution in [0.2, 0.25) is 0 Å². The lowest BCUT2D eigenvalue weighted by Gasteiger charge is -2.19. The van der Waals surface area contributed by atoms with Crippen LogP contribution in [0.3, 0.4) is 0 Å². The van der Waals surface area contributed by atoms with Crippen molar-refractivity contribution in [2.24, 2.45) is 0 Å². The Morgan fingerprint density at radius 1 is 1.44 bits per heavy atom. The lowest BCUT2D eigenvalue weighted by atomic mass is 10.2. The molecule has 1 N–H and O–H groups in total. The second kappa shape index (κ2) is 6.93. The molecule has 0 aliphatic carbocycles. The van der Waals surface area contributed by atoms with E-state index in [1.807, 2.05) is 19.1 Å². The number of nitrogens with one attached hydrogen (secondary N) is 1. The molecule has 0 aliphatic heterocycles. The highest BCUT2D eigenvalue weighted by Gasteiger charge is 2.12. The molecule has 0 heterocycles. The molecule has 1 aromatic carbocycles. The number of anilines is 1. The molecule has 0 aromatic heterocycles. The number of benzene rings is 1. The van der Waals surface area contributed by atoms with Gasteiger partial charge in [-0.05, 0) is 24.6 Å². The summed E-state index contributed by atoms with van der Waals surface area (Å²) in [5.74, 6) is 0. The zero-order valence-electron chi connectivity index (χ0n) is 10.2. The van der Waals surface area contributed by atoms with Gasteiger partial charge in [0.15, 0.2) is 0 Å². The van der Waals surface area contributed by atoms with Crippen LogP contribution in [0.1, 0.15) is 18.9 Å². The molecule has 5 nitrogen and oxygen atoms in total. The zero-order valence-corrected chi connectivity index (χ0v) is 10.2. The topological polar surface area (TPSA) is 79.9 Å².